The van der Waals surface area contributed by atoms with E-state index >= 15 is 0 Å². The highest BCUT2D eigenvalue weighted by Gasteiger charge is 2.12. The Labute approximate surface area is 486 Å². The van der Waals surface area contributed by atoms with E-state index in [0.717, 1.165) is 5.92 Å². The largest absolute Gasteiger partial charge is 0.0683 e. The first kappa shape index (κ1) is 72.0. The lowest BCUT2D eigenvalue weighted by molar-refractivity contribution is 0.469. The number of aryl methyl sites for hydroxylation is 7. The Morgan fingerprint density at radius 2 is 0.544 bits per heavy atom. The molecule has 9 aromatic carbocycles. The van der Waals surface area contributed by atoms with Crippen molar-refractivity contribution in [3.8, 4) is 33.4 Å². The van der Waals surface area contributed by atoms with Gasteiger partial charge in [-0.05, 0) is 110 Å². The molecule has 0 aliphatic carbocycles. The molecule has 9 rings (SSSR count). The fourth-order valence-electron chi connectivity index (χ4n) is 6.57. The van der Waals surface area contributed by atoms with Crippen molar-refractivity contribution in [1.29, 1.82) is 0 Å². The van der Waals surface area contributed by atoms with Crippen molar-refractivity contribution in [3.05, 3.63) is 287 Å². The first-order valence-corrected chi connectivity index (χ1v) is 28.9. The van der Waals surface area contributed by atoms with Crippen molar-refractivity contribution < 1.29 is 0 Å². The van der Waals surface area contributed by atoms with Crippen molar-refractivity contribution in [1.82, 2.24) is 0 Å². The summed E-state index contributed by atoms with van der Waals surface area (Å²) < 4.78 is 0. The Hall–Kier alpha value is -7.02. The standard InChI is InChI=1S/3C13H12.C11H16.C8H10.C7H8.C5H12.C4H10.C3H8.C2H6/c1-11-7-5-6-10-13(11)12-8-3-2-4-9-12;1-11-6-5-9-13(10-11)12-7-3-2-4-8-12;1-11-7-9-13(10-8-11)12-5-3-2-4-6-12;1-9-5-7-10(8-6-9)11(2,3)4;1-7-3-5-8(2)6-4-7;1-7-5-3-2-4-6-7;1-5(2,3)4;1-4(2)3;1-3-2;1-2/h3*2-10H,1H3;5-8H,1-4H3;3-6H,1-2H3;2-6H,1H3;1-4H3;4H,1-3H3;3H2,1-2H3;1-2H3. The third-order valence-electron chi connectivity index (χ3n) is 10.6. The maximum Gasteiger partial charge on any atom is -0.0132 e. The molecule has 0 aliphatic rings. The van der Waals surface area contributed by atoms with Gasteiger partial charge >= 0.3 is 0 Å². The van der Waals surface area contributed by atoms with Crippen LogP contribution in [0.5, 0.6) is 0 Å². The van der Waals surface area contributed by atoms with Gasteiger partial charge in [-0.1, -0.05) is 379 Å². The summed E-state index contributed by atoms with van der Waals surface area (Å²) in [5, 5.41) is 0. The predicted octanol–water partition coefficient (Wildman–Crippen LogP) is 24.7. The minimum Gasteiger partial charge on any atom is -0.0683 e. The van der Waals surface area contributed by atoms with E-state index in [2.05, 4.69) is 338 Å². The van der Waals surface area contributed by atoms with Crippen molar-refractivity contribution in [2.24, 2.45) is 11.3 Å². The SMILES string of the molecule is CC.CC(C)(C)C.CC(C)C.CCC.Cc1ccc(-c2ccccc2)cc1.Cc1ccc(C(C)(C)C)cc1.Cc1ccc(C)cc1.Cc1cccc(-c2ccccc2)c1.Cc1ccccc1.Cc1ccccc1-c1ccccc1. The zero-order chi connectivity index (χ0) is 59.7. The average molecular weight is 1060 g/mol. The fourth-order valence-corrected chi connectivity index (χ4v) is 6.57. The minimum absolute atomic E-state index is 0.285. The Morgan fingerprint density at radius 1 is 0.291 bits per heavy atom. The Balaban J connectivity index is 0.000000890. The summed E-state index contributed by atoms with van der Waals surface area (Å²) in [4.78, 5) is 0. The number of rotatable bonds is 3. The lowest BCUT2D eigenvalue weighted by Crippen LogP contribution is -2.10. The molecule has 0 unspecified atom stereocenters. The zero-order valence-corrected chi connectivity index (χ0v) is 53.4. The Kier molecular flexibility index (Phi) is 38.3. The molecule has 0 N–H and O–H groups in total. The molecule has 0 saturated heterocycles. The molecule has 0 heterocycles. The summed E-state index contributed by atoms with van der Waals surface area (Å²) in [7, 11) is 0. The van der Waals surface area contributed by atoms with Crippen LogP contribution in [0.1, 0.15) is 148 Å². The molecule has 0 heteroatoms. The maximum absolute atomic E-state index is 2.23. The first-order chi connectivity index (χ1) is 37.4. The van der Waals surface area contributed by atoms with Crippen LogP contribution in [0.2, 0.25) is 0 Å². The number of hydrogen-bond donors (Lipinski definition) is 0. The normalized spacial score (nSPS) is 9.75. The van der Waals surface area contributed by atoms with Crippen molar-refractivity contribution in [3.63, 3.8) is 0 Å². The van der Waals surface area contributed by atoms with E-state index in [1.54, 1.807) is 0 Å². The lowest BCUT2D eigenvalue weighted by atomic mass is 9.87. The van der Waals surface area contributed by atoms with E-state index in [-0.39, 0.29) is 5.41 Å². The molecule has 0 aromatic heterocycles. The van der Waals surface area contributed by atoms with Gasteiger partial charge in [0.2, 0.25) is 0 Å². The number of hydrogen-bond acceptors (Lipinski definition) is 0. The van der Waals surface area contributed by atoms with Crippen LogP contribution in [0, 0.1) is 59.8 Å². The molecular weight excluding hydrogens is 949 g/mol. The summed E-state index contributed by atoms with van der Waals surface area (Å²) in [6.45, 7) is 45.0. The van der Waals surface area contributed by atoms with Gasteiger partial charge in [-0.25, -0.2) is 0 Å². The van der Waals surface area contributed by atoms with Crippen molar-refractivity contribution >= 4 is 0 Å². The highest BCUT2D eigenvalue weighted by molar-refractivity contribution is 5.67. The quantitative estimate of drug-likeness (QED) is 0.165. The van der Waals surface area contributed by atoms with Gasteiger partial charge in [-0.3, -0.25) is 0 Å². The van der Waals surface area contributed by atoms with E-state index in [9.17, 15) is 0 Å². The third kappa shape index (κ3) is 38.2. The molecule has 0 amide bonds. The monoisotopic (exact) mass is 1050 g/mol. The van der Waals surface area contributed by atoms with Gasteiger partial charge in [0.05, 0.1) is 0 Å². The maximum atomic E-state index is 2.23. The molecule has 79 heavy (non-hydrogen) atoms. The van der Waals surface area contributed by atoms with Gasteiger partial charge in [0.1, 0.15) is 0 Å². The molecule has 0 aliphatic heterocycles. The summed E-state index contributed by atoms with van der Waals surface area (Å²) in [5.74, 6) is 0.833. The molecule has 0 saturated carbocycles. The summed E-state index contributed by atoms with van der Waals surface area (Å²) in [5.41, 5.74) is 19.2. The molecule has 422 valence electrons. The van der Waals surface area contributed by atoms with Gasteiger partial charge in [-0.15, -0.1) is 0 Å². The minimum atomic E-state index is 0.285. The highest BCUT2D eigenvalue weighted by atomic mass is 14.2. The third-order valence-corrected chi connectivity index (χ3v) is 10.6. The topological polar surface area (TPSA) is 0 Å². The predicted molar refractivity (Wildman–Crippen MR) is 360 cm³/mol. The molecule has 0 radical (unpaired) electrons. The summed E-state index contributed by atoms with van der Waals surface area (Å²) in [6.07, 6.45) is 1.25. The van der Waals surface area contributed by atoms with E-state index in [4.69, 9.17) is 0 Å². The van der Waals surface area contributed by atoms with Gasteiger partial charge in [0.25, 0.3) is 0 Å². The van der Waals surface area contributed by atoms with Crippen LogP contribution in [-0.4, -0.2) is 0 Å². The van der Waals surface area contributed by atoms with E-state index in [1.807, 2.05) is 50.2 Å². The molecule has 0 atom stereocenters. The van der Waals surface area contributed by atoms with Crippen LogP contribution in [0.25, 0.3) is 33.4 Å². The van der Waals surface area contributed by atoms with Crippen LogP contribution in [-0.2, 0) is 5.41 Å². The molecule has 0 spiro atoms. The Bertz CT molecular complexity index is 2760. The molecule has 9 aromatic rings. The average Bonchev–Trinajstić information content (AvgIpc) is 3.42. The zero-order valence-electron chi connectivity index (χ0n) is 53.4. The highest BCUT2D eigenvalue weighted by Crippen LogP contribution is 2.24. The van der Waals surface area contributed by atoms with E-state index in [0.29, 0.717) is 5.41 Å². The van der Waals surface area contributed by atoms with Crippen LogP contribution in [0.4, 0.5) is 0 Å². The van der Waals surface area contributed by atoms with Gasteiger partial charge in [0.15, 0.2) is 0 Å². The second kappa shape index (κ2) is 42.0. The van der Waals surface area contributed by atoms with Crippen molar-refractivity contribution in [2.75, 3.05) is 0 Å². The first-order valence-electron chi connectivity index (χ1n) is 28.9. The lowest BCUT2D eigenvalue weighted by Gasteiger charge is -2.18. The second-order valence-electron chi connectivity index (χ2n) is 23.0. The Morgan fingerprint density at radius 3 is 0.873 bits per heavy atom. The van der Waals surface area contributed by atoms with Crippen LogP contribution >= 0.6 is 0 Å². The van der Waals surface area contributed by atoms with Gasteiger partial charge in [0, 0.05) is 0 Å². The summed E-state index contributed by atoms with van der Waals surface area (Å²) in [6, 6.07) is 84.4. The summed E-state index contributed by atoms with van der Waals surface area (Å²) >= 11 is 0. The van der Waals surface area contributed by atoms with Gasteiger partial charge in [-0.2, -0.15) is 0 Å². The van der Waals surface area contributed by atoms with Crippen molar-refractivity contribution in [2.45, 2.75) is 157 Å². The smallest absolute Gasteiger partial charge is 0.0132 e. The van der Waals surface area contributed by atoms with E-state index in [1.165, 1.54) is 84.3 Å². The van der Waals surface area contributed by atoms with Crippen LogP contribution in [0.15, 0.2) is 243 Å². The molecule has 0 fully saturated rings. The molecule has 0 nitrogen and oxygen atoms in total. The number of benzene rings is 9. The van der Waals surface area contributed by atoms with Crippen LogP contribution in [0.3, 0.4) is 0 Å². The fraction of sp³-hybridized carbons (Fsp3) is 0.316. The molecular formula is C79H106. The van der Waals surface area contributed by atoms with Gasteiger partial charge < -0.3 is 0 Å². The van der Waals surface area contributed by atoms with E-state index < -0.39 is 0 Å². The van der Waals surface area contributed by atoms with Crippen LogP contribution < -0.4 is 0 Å². The molecule has 0 bridgehead atoms. The second-order valence-corrected chi connectivity index (χ2v) is 23.0.